The van der Waals surface area contributed by atoms with Gasteiger partial charge in [-0.15, -0.1) is 0 Å². The van der Waals surface area contributed by atoms with Crippen LogP contribution >= 0.6 is 0 Å². The lowest BCUT2D eigenvalue weighted by Crippen LogP contribution is -2.28. The summed E-state index contributed by atoms with van der Waals surface area (Å²) in [6.45, 7) is 3.81. The van der Waals surface area contributed by atoms with E-state index in [1.807, 2.05) is 13.8 Å². The SMILES string of the molecule is CC(C)n1cncc(CC(=N)N)c1=O. The number of nitrogens with one attached hydrogen (secondary N) is 1. The average Bonchev–Trinajstić information content (AvgIpc) is 2.07. The van der Waals surface area contributed by atoms with Crippen molar-refractivity contribution < 1.29 is 0 Å². The van der Waals surface area contributed by atoms with Gasteiger partial charge in [-0.05, 0) is 13.8 Å². The van der Waals surface area contributed by atoms with Crippen molar-refractivity contribution in [2.75, 3.05) is 0 Å². The summed E-state index contributed by atoms with van der Waals surface area (Å²) in [6, 6.07) is 0.0712. The quantitative estimate of drug-likeness (QED) is 0.536. The zero-order valence-corrected chi connectivity index (χ0v) is 8.32. The Kier molecular flexibility index (Phi) is 3.01. The molecule has 1 rings (SSSR count). The maximum absolute atomic E-state index is 11.7. The number of aromatic nitrogens is 2. The summed E-state index contributed by atoms with van der Waals surface area (Å²) >= 11 is 0. The fourth-order valence-electron chi connectivity index (χ4n) is 1.16. The first-order valence-electron chi connectivity index (χ1n) is 4.40. The number of hydrogen-bond donors (Lipinski definition) is 2. The van der Waals surface area contributed by atoms with E-state index in [4.69, 9.17) is 11.1 Å². The van der Waals surface area contributed by atoms with Crippen molar-refractivity contribution in [2.24, 2.45) is 5.73 Å². The molecule has 0 atom stereocenters. The standard InChI is InChI=1S/C9H14N4O/c1-6(2)13-5-12-4-7(9(13)14)3-8(10)11/h4-6H,3H2,1-2H3,(H3,10,11). The van der Waals surface area contributed by atoms with Crippen LogP contribution in [0.3, 0.4) is 0 Å². The molecule has 0 aliphatic heterocycles. The molecule has 0 bridgehead atoms. The molecule has 1 aromatic rings. The largest absolute Gasteiger partial charge is 0.387 e. The van der Waals surface area contributed by atoms with Crippen molar-refractivity contribution in [1.82, 2.24) is 9.55 Å². The molecule has 0 radical (unpaired) electrons. The van der Waals surface area contributed by atoms with Crippen LogP contribution in [0.5, 0.6) is 0 Å². The van der Waals surface area contributed by atoms with Crippen molar-refractivity contribution in [1.29, 1.82) is 5.41 Å². The molecule has 5 nitrogen and oxygen atoms in total. The Balaban J connectivity index is 3.14. The predicted octanol–water partition coefficient (Wildman–Crippen LogP) is 0.303. The highest BCUT2D eigenvalue weighted by molar-refractivity contribution is 5.79. The van der Waals surface area contributed by atoms with Gasteiger partial charge in [0.1, 0.15) is 0 Å². The fourth-order valence-corrected chi connectivity index (χ4v) is 1.16. The second kappa shape index (κ2) is 4.04. The summed E-state index contributed by atoms with van der Waals surface area (Å²) in [5.74, 6) is -0.0228. The van der Waals surface area contributed by atoms with E-state index < -0.39 is 0 Å². The Morgan fingerprint density at radius 3 is 2.86 bits per heavy atom. The molecular formula is C9H14N4O. The number of nitrogens with zero attached hydrogens (tertiary/aromatic N) is 2. The Bertz CT molecular complexity index is 394. The zero-order chi connectivity index (χ0) is 10.7. The Morgan fingerprint density at radius 1 is 1.71 bits per heavy atom. The number of rotatable bonds is 3. The minimum absolute atomic E-state index is 0.0228. The van der Waals surface area contributed by atoms with Gasteiger partial charge < -0.3 is 5.73 Å². The van der Waals surface area contributed by atoms with E-state index in [1.165, 1.54) is 17.1 Å². The predicted molar refractivity (Wildman–Crippen MR) is 54.5 cm³/mol. The maximum atomic E-state index is 11.7. The van der Waals surface area contributed by atoms with Gasteiger partial charge in [-0.2, -0.15) is 0 Å². The first-order chi connectivity index (χ1) is 6.52. The molecule has 0 spiro atoms. The molecule has 76 valence electrons. The lowest BCUT2D eigenvalue weighted by atomic mass is 10.2. The molecular weight excluding hydrogens is 180 g/mol. The second-order valence-electron chi connectivity index (χ2n) is 3.43. The van der Waals surface area contributed by atoms with Crippen LogP contribution in [0.4, 0.5) is 0 Å². The Hall–Kier alpha value is -1.65. The summed E-state index contributed by atoms with van der Waals surface area (Å²) in [4.78, 5) is 15.6. The van der Waals surface area contributed by atoms with Crippen LogP contribution in [0.2, 0.25) is 0 Å². The summed E-state index contributed by atoms with van der Waals surface area (Å²) in [5, 5.41) is 7.11. The molecule has 0 amide bonds. The Morgan fingerprint density at radius 2 is 2.36 bits per heavy atom. The van der Waals surface area contributed by atoms with Crippen molar-refractivity contribution in [3.63, 3.8) is 0 Å². The van der Waals surface area contributed by atoms with E-state index in [0.29, 0.717) is 5.56 Å². The van der Waals surface area contributed by atoms with Crippen LogP contribution < -0.4 is 11.3 Å². The summed E-state index contributed by atoms with van der Waals surface area (Å²) < 4.78 is 1.53. The lowest BCUT2D eigenvalue weighted by molar-refractivity contribution is 0.563. The van der Waals surface area contributed by atoms with Crippen molar-refractivity contribution in [3.8, 4) is 0 Å². The van der Waals surface area contributed by atoms with Gasteiger partial charge in [0.25, 0.3) is 5.56 Å². The fraction of sp³-hybridized carbons (Fsp3) is 0.444. The first kappa shape index (κ1) is 10.4. The summed E-state index contributed by atoms with van der Waals surface area (Å²) in [6.07, 6.45) is 3.12. The van der Waals surface area contributed by atoms with Gasteiger partial charge in [-0.3, -0.25) is 14.8 Å². The molecule has 0 aliphatic carbocycles. The molecule has 0 saturated carbocycles. The van der Waals surface area contributed by atoms with E-state index in [0.717, 1.165) is 0 Å². The van der Waals surface area contributed by atoms with Crippen LogP contribution in [0.25, 0.3) is 0 Å². The van der Waals surface area contributed by atoms with Gasteiger partial charge in [0.2, 0.25) is 0 Å². The highest BCUT2D eigenvalue weighted by atomic mass is 16.1. The zero-order valence-electron chi connectivity index (χ0n) is 8.32. The molecule has 14 heavy (non-hydrogen) atoms. The van der Waals surface area contributed by atoms with Crippen LogP contribution in [0.1, 0.15) is 25.5 Å². The van der Waals surface area contributed by atoms with Crippen LogP contribution in [0.15, 0.2) is 17.3 Å². The average molecular weight is 194 g/mol. The highest BCUT2D eigenvalue weighted by Gasteiger charge is 2.06. The molecule has 0 aromatic carbocycles. The Labute approximate surface area is 82.1 Å². The smallest absolute Gasteiger partial charge is 0.257 e. The highest BCUT2D eigenvalue weighted by Crippen LogP contribution is 1.99. The number of amidine groups is 1. The summed E-state index contributed by atoms with van der Waals surface area (Å²) in [5.41, 5.74) is 5.57. The van der Waals surface area contributed by atoms with E-state index in [2.05, 4.69) is 4.98 Å². The normalized spacial score (nSPS) is 10.5. The first-order valence-corrected chi connectivity index (χ1v) is 4.40. The van der Waals surface area contributed by atoms with E-state index >= 15 is 0 Å². The third kappa shape index (κ3) is 2.18. The van der Waals surface area contributed by atoms with Gasteiger partial charge in [0.15, 0.2) is 0 Å². The van der Waals surface area contributed by atoms with E-state index in [9.17, 15) is 4.79 Å². The minimum Gasteiger partial charge on any atom is -0.387 e. The van der Waals surface area contributed by atoms with Gasteiger partial charge in [0, 0.05) is 24.2 Å². The molecule has 0 saturated heterocycles. The topological polar surface area (TPSA) is 84.8 Å². The molecule has 0 fully saturated rings. The molecule has 1 heterocycles. The third-order valence-electron chi connectivity index (χ3n) is 1.87. The summed E-state index contributed by atoms with van der Waals surface area (Å²) in [7, 11) is 0. The van der Waals surface area contributed by atoms with Gasteiger partial charge in [-0.25, -0.2) is 4.98 Å². The monoisotopic (exact) mass is 194 g/mol. The molecule has 3 N–H and O–H groups in total. The van der Waals surface area contributed by atoms with E-state index in [1.54, 1.807) is 0 Å². The third-order valence-corrected chi connectivity index (χ3v) is 1.87. The maximum Gasteiger partial charge on any atom is 0.257 e. The van der Waals surface area contributed by atoms with Crippen LogP contribution in [-0.4, -0.2) is 15.4 Å². The van der Waals surface area contributed by atoms with E-state index in [-0.39, 0.29) is 23.9 Å². The molecule has 5 heteroatoms. The lowest BCUT2D eigenvalue weighted by Gasteiger charge is -2.09. The van der Waals surface area contributed by atoms with Crippen molar-refractivity contribution in [2.45, 2.75) is 26.3 Å². The van der Waals surface area contributed by atoms with Crippen LogP contribution in [-0.2, 0) is 6.42 Å². The van der Waals surface area contributed by atoms with Gasteiger partial charge >= 0.3 is 0 Å². The number of hydrogen-bond acceptors (Lipinski definition) is 3. The second-order valence-corrected chi connectivity index (χ2v) is 3.43. The van der Waals surface area contributed by atoms with Crippen molar-refractivity contribution >= 4 is 5.84 Å². The van der Waals surface area contributed by atoms with Crippen LogP contribution in [0, 0.1) is 5.41 Å². The van der Waals surface area contributed by atoms with Gasteiger partial charge in [-0.1, -0.05) is 0 Å². The van der Waals surface area contributed by atoms with Crippen molar-refractivity contribution in [3.05, 3.63) is 28.4 Å². The number of nitrogens with two attached hydrogens (primary N) is 1. The minimum atomic E-state index is -0.120. The molecule has 0 unspecified atom stereocenters. The van der Waals surface area contributed by atoms with Gasteiger partial charge in [0.05, 0.1) is 12.2 Å². The molecule has 0 aliphatic rings. The molecule has 1 aromatic heterocycles.